The Bertz CT molecular complexity index is 3260. The molecule has 0 aliphatic carbocycles. The molecule has 0 fully saturated rings. The summed E-state index contributed by atoms with van der Waals surface area (Å²) in [6.07, 6.45) is 0. The number of para-hydroxylation sites is 1. The average Bonchev–Trinajstić information content (AvgIpc) is 3.28. The van der Waals surface area contributed by atoms with Crippen LogP contribution in [0.2, 0.25) is 0 Å². The maximum absolute atomic E-state index is 15.4. The molecule has 10 heteroatoms. The number of hydrogen-bond donors (Lipinski definition) is 0. The van der Waals surface area contributed by atoms with Gasteiger partial charge in [-0.2, -0.15) is 10.5 Å². The molecule has 7 aromatic carbocycles. The quantitative estimate of drug-likeness (QED) is 0.0754. The van der Waals surface area contributed by atoms with Crippen molar-refractivity contribution in [2.75, 3.05) is 0 Å². The molecule has 58 heavy (non-hydrogen) atoms. The molecule has 0 aliphatic heterocycles. The van der Waals surface area contributed by atoms with E-state index in [4.69, 9.17) is 26.8 Å². The number of fused-ring (bicyclic) bond motifs is 5. The summed E-state index contributed by atoms with van der Waals surface area (Å²) in [6, 6.07) is 42.3. The molecule has 272 valence electrons. The Morgan fingerprint density at radius 3 is 1.76 bits per heavy atom. The van der Waals surface area contributed by atoms with Gasteiger partial charge in [0.15, 0.2) is 29.0 Å². The maximum atomic E-state index is 15.4. The lowest BCUT2D eigenvalue weighted by Crippen LogP contribution is -2.04. The van der Waals surface area contributed by atoms with Gasteiger partial charge in [0.1, 0.15) is 11.6 Å². The number of benzene rings is 7. The van der Waals surface area contributed by atoms with Crippen molar-refractivity contribution >= 4 is 38.4 Å². The summed E-state index contributed by atoms with van der Waals surface area (Å²) < 4.78 is 60.5. The van der Waals surface area contributed by atoms with E-state index in [0.717, 1.165) is 10.9 Å². The average molecular weight is 759 g/mol. The van der Waals surface area contributed by atoms with Crippen LogP contribution in [0.5, 0.6) is 0 Å². The minimum absolute atomic E-state index is 0.168. The van der Waals surface area contributed by atoms with Crippen LogP contribution in [-0.4, -0.2) is 15.0 Å². The van der Waals surface area contributed by atoms with E-state index in [-0.39, 0.29) is 5.56 Å². The Morgan fingerprint density at radius 1 is 0.500 bits per heavy atom. The third-order valence-corrected chi connectivity index (χ3v) is 10.0. The van der Waals surface area contributed by atoms with Crippen LogP contribution in [0.25, 0.3) is 93.6 Å². The fourth-order valence-corrected chi connectivity index (χ4v) is 7.29. The van der Waals surface area contributed by atoms with Crippen LogP contribution in [0.1, 0.15) is 11.1 Å². The molecule has 9 rings (SSSR count). The molecule has 0 radical (unpaired) electrons. The third kappa shape index (κ3) is 5.74. The number of halogens is 4. The summed E-state index contributed by atoms with van der Waals surface area (Å²) in [6.45, 7) is 7.49. The summed E-state index contributed by atoms with van der Waals surface area (Å²) in [4.78, 5) is 19.4. The Balaban J connectivity index is 1.41. The van der Waals surface area contributed by atoms with Gasteiger partial charge < -0.3 is 0 Å². The van der Waals surface area contributed by atoms with Gasteiger partial charge in [0, 0.05) is 32.8 Å². The van der Waals surface area contributed by atoms with Crippen molar-refractivity contribution in [1.82, 2.24) is 15.0 Å². The zero-order valence-corrected chi connectivity index (χ0v) is 29.9. The van der Waals surface area contributed by atoms with Crippen LogP contribution in [-0.2, 0) is 0 Å². The van der Waals surface area contributed by atoms with Crippen molar-refractivity contribution < 1.29 is 17.6 Å². The van der Waals surface area contributed by atoms with Gasteiger partial charge >= 0.3 is 0 Å². The molecule has 0 N–H and O–H groups in total. The van der Waals surface area contributed by atoms with E-state index in [2.05, 4.69) is 10.9 Å². The van der Waals surface area contributed by atoms with Crippen molar-refractivity contribution in [3.8, 4) is 68.2 Å². The van der Waals surface area contributed by atoms with E-state index in [1.54, 1.807) is 42.5 Å². The molecular weight excluding hydrogens is 737 g/mol. The first-order valence-electron chi connectivity index (χ1n) is 17.8. The van der Waals surface area contributed by atoms with Crippen LogP contribution < -0.4 is 0 Å². The lowest BCUT2D eigenvalue weighted by molar-refractivity contribution is 0.454. The molecular formula is C48H22F4N6. The van der Waals surface area contributed by atoms with E-state index in [1.165, 1.54) is 24.3 Å². The zero-order chi connectivity index (χ0) is 40.1. The zero-order valence-electron chi connectivity index (χ0n) is 29.9. The van der Waals surface area contributed by atoms with Crippen molar-refractivity contribution in [3.63, 3.8) is 0 Å². The molecule has 0 unspecified atom stereocenters. The molecule has 9 aromatic rings. The monoisotopic (exact) mass is 758 g/mol. The highest BCUT2D eigenvalue weighted by Gasteiger charge is 2.27. The lowest BCUT2D eigenvalue weighted by Gasteiger charge is -2.18. The molecule has 0 bridgehead atoms. The Kier molecular flexibility index (Phi) is 8.62. The summed E-state index contributed by atoms with van der Waals surface area (Å²) in [5.41, 5.74) is 4.85. The van der Waals surface area contributed by atoms with E-state index in [0.29, 0.717) is 77.9 Å². The predicted molar refractivity (Wildman–Crippen MR) is 215 cm³/mol. The molecule has 0 saturated heterocycles. The number of pyridine rings is 1. The molecule has 0 spiro atoms. The number of rotatable bonds is 5. The summed E-state index contributed by atoms with van der Waals surface area (Å²) in [5.74, 6) is -6.94. The fraction of sp³-hybridized carbons (Fsp3) is 0. The summed E-state index contributed by atoms with van der Waals surface area (Å²) >= 11 is 0. The number of aromatic nitrogens is 3. The van der Waals surface area contributed by atoms with Crippen molar-refractivity contribution in [3.05, 3.63) is 179 Å². The topological polar surface area (TPSA) is 90.6 Å². The van der Waals surface area contributed by atoms with E-state index < -0.39 is 34.4 Å². The van der Waals surface area contributed by atoms with Crippen LogP contribution in [0, 0.1) is 52.5 Å². The van der Waals surface area contributed by atoms with Gasteiger partial charge in [-0.1, -0.05) is 103 Å². The molecule has 0 saturated carbocycles. The second-order valence-corrected chi connectivity index (χ2v) is 13.4. The molecule has 0 aliphatic rings. The SMILES string of the molecule is [C-]#[N+]c1ccc(-c2nc3c(-c4ccccc4)cc4c(-c5cccc(-c6c(F)c(F)c(C#N)c(F)c6F)c5)nc5ccccc5c4c3nc2-c2ccc(C#N)cc2)cc1. The van der Waals surface area contributed by atoms with Gasteiger partial charge in [0.2, 0.25) is 0 Å². The molecule has 2 aromatic heterocycles. The summed E-state index contributed by atoms with van der Waals surface area (Å²) in [7, 11) is 0. The van der Waals surface area contributed by atoms with Gasteiger partial charge in [-0.3, -0.25) is 0 Å². The van der Waals surface area contributed by atoms with Crippen molar-refractivity contribution in [2.45, 2.75) is 0 Å². The van der Waals surface area contributed by atoms with Gasteiger partial charge in [-0.25, -0.2) is 37.4 Å². The molecule has 0 atom stereocenters. The molecule has 0 amide bonds. The molecule has 2 heterocycles. The predicted octanol–water partition coefficient (Wildman–Crippen LogP) is 12.5. The number of nitriles is 2. The first-order chi connectivity index (χ1) is 28.3. The van der Waals surface area contributed by atoms with E-state index >= 15 is 8.78 Å². The van der Waals surface area contributed by atoms with E-state index in [1.807, 2.05) is 72.8 Å². The Morgan fingerprint density at radius 2 is 1.10 bits per heavy atom. The highest BCUT2D eigenvalue weighted by Crippen LogP contribution is 2.44. The van der Waals surface area contributed by atoms with Gasteiger partial charge in [0.25, 0.3) is 0 Å². The van der Waals surface area contributed by atoms with Gasteiger partial charge in [-0.05, 0) is 47.0 Å². The van der Waals surface area contributed by atoms with Gasteiger partial charge in [0.05, 0.1) is 57.4 Å². The van der Waals surface area contributed by atoms with Crippen LogP contribution in [0.4, 0.5) is 23.2 Å². The van der Waals surface area contributed by atoms with Crippen LogP contribution in [0.15, 0.2) is 133 Å². The minimum Gasteiger partial charge on any atom is -0.247 e. The molecule has 6 nitrogen and oxygen atoms in total. The normalized spacial score (nSPS) is 11.1. The lowest BCUT2D eigenvalue weighted by atomic mass is 9.92. The largest absolute Gasteiger partial charge is 0.247 e. The minimum atomic E-state index is -1.78. The number of nitrogens with zero attached hydrogens (tertiary/aromatic N) is 6. The highest BCUT2D eigenvalue weighted by molar-refractivity contribution is 6.24. The van der Waals surface area contributed by atoms with Gasteiger partial charge in [-0.15, -0.1) is 0 Å². The first-order valence-corrected chi connectivity index (χ1v) is 17.8. The van der Waals surface area contributed by atoms with E-state index in [9.17, 15) is 14.0 Å². The van der Waals surface area contributed by atoms with Crippen LogP contribution >= 0.6 is 0 Å². The van der Waals surface area contributed by atoms with Crippen LogP contribution in [0.3, 0.4) is 0 Å². The smallest absolute Gasteiger partial charge is 0.187 e. The second kappa shape index (κ2) is 14.1. The van der Waals surface area contributed by atoms with Crippen molar-refractivity contribution in [2.24, 2.45) is 0 Å². The Labute approximate surface area is 328 Å². The third-order valence-electron chi connectivity index (χ3n) is 10.0. The Hall–Kier alpha value is -8.26. The second-order valence-electron chi connectivity index (χ2n) is 13.4. The maximum Gasteiger partial charge on any atom is 0.187 e. The summed E-state index contributed by atoms with van der Waals surface area (Å²) in [5, 5.41) is 20.7. The fourth-order valence-electron chi connectivity index (χ4n) is 7.29. The first kappa shape index (κ1) is 35.4. The highest BCUT2D eigenvalue weighted by atomic mass is 19.2. The standard InChI is InChI=1S/C48H22F4N6/c1-55-32-20-18-29(19-21-32)45-46(28-16-14-26(24-53)15-17-28)58-48-39-33-12-5-6-13-37(33)56-44(35(39)23-34(47(48)57-45)27-8-3-2-4-9-27)31-11-7-10-30(22-31)38-42(51)40(49)36(25-54)41(50)43(38)52/h2-23H. The number of hydrogen-bond acceptors (Lipinski definition) is 5. The van der Waals surface area contributed by atoms with Crippen molar-refractivity contribution in [1.29, 1.82) is 10.5 Å².